The predicted molar refractivity (Wildman–Crippen MR) is 157 cm³/mol. The van der Waals surface area contributed by atoms with Gasteiger partial charge in [-0.2, -0.15) is 0 Å². The van der Waals surface area contributed by atoms with E-state index in [0.29, 0.717) is 19.8 Å². The molecule has 2 aromatic rings. The van der Waals surface area contributed by atoms with Gasteiger partial charge in [-0.05, 0) is 93.7 Å². The molecular weight excluding hydrogens is 484 g/mol. The minimum atomic E-state index is -2.58. The predicted octanol–water partition coefficient (Wildman–Crippen LogP) is 6.75. The second-order valence-electron chi connectivity index (χ2n) is 9.32. The number of rotatable bonds is 18. The largest absolute Gasteiger partial charge is 0.500 e. The summed E-state index contributed by atoms with van der Waals surface area (Å²) >= 11 is 0. The van der Waals surface area contributed by atoms with Gasteiger partial charge >= 0.3 is 8.80 Å². The molecule has 0 aromatic heterocycles. The first-order valence-electron chi connectivity index (χ1n) is 13.5. The average Bonchev–Trinajstić information content (AvgIpc) is 2.84. The lowest BCUT2D eigenvalue weighted by molar-refractivity contribution is 0.0710. The van der Waals surface area contributed by atoms with Crippen LogP contribution < -0.4 is 0 Å². The van der Waals surface area contributed by atoms with E-state index in [0.717, 1.165) is 55.8 Å². The molecule has 2 rings (SSSR count). The Kier molecular flexibility index (Phi) is 13.8. The summed E-state index contributed by atoms with van der Waals surface area (Å²) in [6, 6.07) is 14.9. The first kappa shape index (κ1) is 30.5. The van der Waals surface area contributed by atoms with Gasteiger partial charge in [0.2, 0.25) is 0 Å². The van der Waals surface area contributed by atoms with Crippen molar-refractivity contribution in [3.05, 3.63) is 47.5 Å². The molecule has 0 bridgehead atoms. The Balaban J connectivity index is 1.88. The van der Waals surface area contributed by atoms with Crippen LogP contribution in [-0.2, 0) is 17.7 Å². The van der Waals surface area contributed by atoms with Gasteiger partial charge in [0.1, 0.15) is 0 Å². The number of aliphatic imine (C=N–C) groups is 2. The van der Waals surface area contributed by atoms with E-state index in [1.807, 2.05) is 33.2 Å². The number of hydrogen-bond acceptors (Lipinski definition) is 6. The summed E-state index contributed by atoms with van der Waals surface area (Å²) in [6.07, 6.45) is 5.90. The third-order valence-electron chi connectivity index (χ3n) is 5.83. The molecule has 0 radical (unpaired) electrons. The highest BCUT2D eigenvalue weighted by Crippen LogP contribution is 2.19. The van der Waals surface area contributed by atoms with Crippen LogP contribution in [0.5, 0.6) is 0 Å². The van der Waals surface area contributed by atoms with E-state index >= 15 is 0 Å². The molecule has 36 heavy (non-hydrogen) atoms. The summed E-state index contributed by atoms with van der Waals surface area (Å²) in [7, 11) is -4.09. The minimum absolute atomic E-state index is 0.606. The highest BCUT2D eigenvalue weighted by Gasteiger charge is 2.39. The van der Waals surface area contributed by atoms with Gasteiger partial charge < -0.3 is 17.7 Å². The fourth-order valence-corrected chi connectivity index (χ4v) is 8.76. The molecule has 0 fully saturated rings. The molecule has 0 spiro atoms. The zero-order chi connectivity index (χ0) is 26.3. The van der Waals surface area contributed by atoms with Gasteiger partial charge in [-0.25, -0.2) is 0 Å². The molecule has 8 heteroatoms. The standard InChI is InChI=1S/C28H46N2O4Si2/c1-7-31-35(5,6)19-11-17-29-23-25-13-15-28-22-26(14-16-27(28)21-25)24-30-18-12-20-36(32-8-2,33-9-3)34-10-4/h13-16,21-24H,7-12,17-20H2,1-6H3. The van der Waals surface area contributed by atoms with Gasteiger partial charge in [0.25, 0.3) is 0 Å². The molecule has 0 amide bonds. The normalized spacial score (nSPS) is 12.9. The molecule has 200 valence electrons. The van der Waals surface area contributed by atoms with Gasteiger partial charge in [-0.1, -0.05) is 24.3 Å². The molecule has 0 unspecified atom stereocenters. The maximum Gasteiger partial charge on any atom is 0.500 e. The number of hydrogen-bond donors (Lipinski definition) is 0. The maximum absolute atomic E-state index is 5.92. The van der Waals surface area contributed by atoms with Crippen molar-refractivity contribution in [2.45, 2.75) is 65.7 Å². The van der Waals surface area contributed by atoms with Crippen molar-refractivity contribution in [3.8, 4) is 0 Å². The van der Waals surface area contributed by atoms with Gasteiger partial charge in [0.05, 0.1) is 0 Å². The molecular formula is C28H46N2O4Si2. The molecule has 0 aliphatic heterocycles. The second kappa shape index (κ2) is 16.2. The summed E-state index contributed by atoms with van der Waals surface area (Å²) in [5.41, 5.74) is 2.24. The van der Waals surface area contributed by atoms with Crippen molar-refractivity contribution >= 4 is 40.3 Å². The van der Waals surface area contributed by atoms with Crippen LogP contribution in [0.4, 0.5) is 0 Å². The SMILES string of the molecule is CCO[Si](C)(C)CCCN=Cc1ccc2cc(C=NCCC[Si](OCC)(OCC)OCC)ccc2c1. The molecule has 0 saturated carbocycles. The van der Waals surface area contributed by atoms with Gasteiger partial charge in [-0.3, -0.25) is 9.98 Å². The first-order chi connectivity index (χ1) is 17.4. The number of nitrogens with zero attached hydrogens (tertiary/aromatic N) is 2. The van der Waals surface area contributed by atoms with Crippen molar-refractivity contribution in [2.24, 2.45) is 9.98 Å². The minimum Gasteiger partial charge on any atom is -0.418 e. The van der Waals surface area contributed by atoms with Crippen LogP contribution in [-0.4, -0.2) is 69.1 Å². The third-order valence-corrected chi connectivity index (χ3v) is 11.6. The monoisotopic (exact) mass is 530 g/mol. The summed E-state index contributed by atoms with van der Waals surface area (Å²) in [5, 5.41) is 2.41. The van der Waals surface area contributed by atoms with E-state index in [9.17, 15) is 0 Å². The Labute approximate surface area is 220 Å². The molecule has 6 nitrogen and oxygen atoms in total. The van der Waals surface area contributed by atoms with Crippen molar-refractivity contribution < 1.29 is 17.7 Å². The Bertz CT molecular complexity index is 949. The molecule has 0 N–H and O–H groups in total. The Morgan fingerprint density at radius 2 is 1.08 bits per heavy atom. The van der Waals surface area contributed by atoms with Crippen LogP contribution in [0.1, 0.15) is 51.7 Å². The zero-order valence-electron chi connectivity index (χ0n) is 23.2. The van der Waals surface area contributed by atoms with Crippen LogP contribution in [0.15, 0.2) is 46.4 Å². The van der Waals surface area contributed by atoms with Crippen molar-refractivity contribution in [1.29, 1.82) is 0 Å². The summed E-state index contributed by atoms with van der Waals surface area (Å²) < 4.78 is 23.7. The number of fused-ring (bicyclic) bond motifs is 1. The lowest BCUT2D eigenvalue weighted by Crippen LogP contribution is -2.46. The first-order valence-corrected chi connectivity index (χ1v) is 18.5. The molecule has 0 saturated heterocycles. The fraction of sp³-hybridized carbons (Fsp3) is 0.571. The molecule has 2 aromatic carbocycles. The van der Waals surface area contributed by atoms with Crippen LogP contribution in [0.25, 0.3) is 10.8 Å². The van der Waals surface area contributed by atoms with Crippen molar-refractivity contribution in [3.63, 3.8) is 0 Å². The topological polar surface area (TPSA) is 61.6 Å². The molecule has 0 atom stereocenters. The number of benzene rings is 2. The highest BCUT2D eigenvalue weighted by atomic mass is 28.4. The van der Waals surface area contributed by atoms with Crippen LogP contribution in [0, 0.1) is 0 Å². The third kappa shape index (κ3) is 10.7. The van der Waals surface area contributed by atoms with E-state index in [2.05, 4.69) is 66.4 Å². The smallest absolute Gasteiger partial charge is 0.418 e. The molecule has 0 heterocycles. The zero-order valence-corrected chi connectivity index (χ0v) is 25.2. The fourth-order valence-electron chi connectivity index (χ4n) is 4.23. The van der Waals surface area contributed by atoms with Crippen molar-refractivity contribution in [1.82, 2.24) is 0 Å². The molecule has 0 aliphatic rings. The Morgan fingerprint density at radius 1 is 0.639 bits per heavy atom. The van der Waals surface area contributed by atoms with E-state index < -0.39 is 17.1 Å². The summed E-state index contributed by atoms with van der Waals surface area (Å²) in [5.74, 6) is 0. The van der Waals surface area contributed by atoms with Gasteiger partial charge in [0, 0.05) is 58.0 Å². The lowest BCUT2D eigenvalue weighted by Gasteiger charge is -2.28. The second-order valence-corrected chi connectivity index (χ2v) is 16.4. The molecule has 0 aliphatic carbocycles. The Morgan fingerprint density at radius 3 is 1.53 bits per heavy atom. The van der Waals surface area contributed by atoms with Gasteiger partial charge in [-0.15, -0.1) is 0 Å². The van der Waals surface area contributed by atoms with Crippen LogP contribution in [0.3, 0.4) is 0 Å². The highest BCUT2D eigenvalue weighted by molar-refractivity contribution is 6.71. The Hall–Kier alpha value is -1.69. The van der Waals surface area contributed by atoms with E-state index in [1.165, 1.54) is 10.8 Å². The van der Waals surface area contributed by atoms with Crippen LogP contribution >= 0.6 is 0 Å². The maximum atomic E-state index is 5.92. The lowest BCUT2D eigenvalue weighted by atomic mass is 10.0. The quantitative estimate of drug-likeness (QED) is 0.122. The van der Waals surface area contributed by atoms with E-state index in [1.54, 1.807) is 0 Å². The van der Waals surface area contributed by atoms with Crippen molar-refractivity contribution in [2.75, 3.05) is 39.5 Å². The summed E-state index contributed by atoms with van der Waals surface area (Å²) in [4.78, 5) is 9.27. The van der Waals surface area contributed by atoms with E-state index in [4.69, 9.17) is 17.7 Å². The average molecular weight is 531 g/mol. The summed E-state index contributed by atoms with van der Waals surface area (Å²) in [6.45, 7) is 16.8. The van der Waals surface area contributed by atoms with E-state index in [-0.39, 0.29) is 0 Å². The van der Waals surface area contributed by atoms with Crippen LogP contribution in [0.2, 0.25) is 25.2 Å². The van der Waals surface area contributed by atoms with Gasteiger partial charge in [0.15, 0.2) is 8.32 Å².